The second kappa shape index (κ2) is 5.94. The fourth-order valence-corrected chi connectivity index (χ4v) is 2.44. The number of ether oxygens (including phenoxy) is 1. The summed E-state index contributed by atoms with van der Waals surface area (Å²) in [5.41, 5.74) is 8.10. The van der Waals surface area contributed by atoms with Crippen molar-refractivity contribution >= 4 is 15.9 Å². The largest absolute Gasteiger partial charge is 0.457 e. The molecular weight excluding hydrogens is 321 g/mol. The second-order valence-electron chi connectivity index (χ2n) is 4.94. The van der Waals surface area contributed by atoms with Crippen molar-refractivity contribution in [3.05, 3.63) is 57.3 Å². The first kappa shape index (κ1) is 15.0. The minimum absolute atomic E-state index is 0.267. The molecule has 0 fully saturated rings. The summed E-state index contributed by atoms with van der Waals surface area (Å²) in [7, 11) is 0. The molecule has 1 unspecified atom stereocenters. The molecule has 2 nitrogen and oxygen atoms in total. The molecule has 2 aromatic rings. The van der Waals surface area contributed by atoms with Gasteiger partial charge in [0.1, 0.15) is 17.3 Å². The van der Waals surface area contributed by atoms with Crippen LogP contribution in [0.3, 0.4) is 0 Å². The second-order valence-corrected chi connectivity index (χ2v) is 5.86. The maximum absolute atomic E-state index is 13.7. The number of hydrogen-bond acceptors (Lipinski definition) is 2. The van der Waals surface area contributed by atoms with E-state index in [-0.39, 0.29) is 11.9 Å². The monoisotopic (exact) mass is 337 g/mol. The smallest absolute Gasteiger partial charge is 0.132 e. The summed E-state index contributed by atoms with van der Waals surface area (Å²) >= 11 is 3.42. The van der Waals surface area contributed by atoms with E-state index < -0.39 is 0 Å². The Morgan fingerprint density at radius 1 is 1.10 bits per heavy atom. The minimum atomic E-state index is -0.296. The minimum Gasteiger partial charge on any atom is -0.457 e. The fraction of sp³-hybridized carbons (Fsp3) is 0.250. The number of rotatable bonds is 3. The van der Waals surface area contributed by atoms with E-state index in [0.29, 0.717) is 16.9 Å². The Morgan fingerprint density at radius 2 is 1.80 bits per heavy atom. The predicted molar refractivity (Wildman–Crippen MR) is 82.7 cm³/mol. The molecule has 0 saturated heterocycles. The Kier molecular flexibility index (Phi) is 4.45. The van der Waals surface area contributed by atoms with Crippen molar-refractivity contribution in [3.63, 3.8) is 0 Å². The third-order valence-electron chi connectivity index (χ3n) is 3.14. The molecule has 0 aliphatic carbocycles. The van der Waals surface area contributed by atoms with Gasteiger partial charge in [-0.3, -0.25) is 0 Å². The summed E-state index contributed by atoms with van der Waals surface area (Å²) in [5.74, 6) is 1.07. The molecule has 0 spiro atoms. The lowest BCUT2D eigenvalue weighted by atomic mass is 10.0. The molecule has 20 heavy (non-hydrogen) atoms. The molecular formula is C16H17BrFNO. The predicted octanol–water partition coefficient (Wildman–Crippen LogP) is 5.02. The molecule has 0 radical (unpaired) electrons. The van der Waals surface area contributed by atoms with Gasteiger partial charge in [-0.15, -0.1) is 0 Å². The van der Waals surface area contributed by atoms with Gasteiger partial charge in [0.15, 0.2) is 0 Å². The molecule has 1 atom stereocenters. The molecule has 0 bridgehead atoms. The average molecular weight is 338 g/mol. The van der Waals surface area contributed by atoms with Crippen LogP contribution in [0.4, 0.5) is 4.39 Å². The van der Waals surface area contributed by atoms with Crippen molar-refractivity contribution in [2.45, 2.75) is 26.8 Å². The van der Waals surface area contributed by atoms with Crippen LogP contribution in [-0.4, -0.2) is 0 Å². The van der Waals surface area contributed by atoms with Gasteiger partial charge in [0.25, 0.3) is 0 Å². The topological polar surface area (TPSA) is 35.2 Å². The van der Waals surface area contributed by atoms with Crippen LogP contribution in [0.25, 0.3) is 0 Å². The molecule has 0 aliphatic rings. The van der Waals surface area contributed by atoms with Gasteiger partial charge >= 0.3 is 0 Å². The van der Waals surface area contributed by atoms with E-state index in [1.165, 1.54) is 6.07 Å². The Bertz CT molecular complexity index is 641. The molecule has 2 N–H and O–H groups in total. The Balaban J connectivity index is 2.44. The fourth-order valence-electron chi connectivity index (χ4n) is 1.96. The molecule has 0 heterocycles. The average Bonchev–Trinajstić information content (AvgIpc) is 2.36. The summed E-state index contributed by atoms with van der Waals surface area (Å²) in [6.45, 7) is 5.48. The van der Waals surface area contributed by atoms with Gasteiger partial charge in [-0.25, -0.2) is 4.39 Å². The van der Waals surface area contributed by atoms with Crippen LogP contribution in [0, 0.1) is 19.7 Å². The molecule has 2 rings (SSSR count). The van der Waals surface area contributed by atoms with Crippen molar-refractivity contribution in [1.29, 1.82) is 0 Å². The first-order valence-electron chi connectivity index (χ1n) is 6.38. The van der Waals surface area contributed by atoms with Gasteiger partial charge in [0.2, 0.25) is 0 Å². The quantitative estimate of drug-likeness (QED) is 0.853. The van der Waals surface area contributed by atoms with Crippen LogP contribution in [-0.2, 0) is 0 Å². The molecule has 0 amide bonds. The van der Waals surface area contributed by atoms with E-state index in [1.807, 2.05) is 32.0 Å². The van der Waals surface area contributed by atoms with E-state index >= 15 is 0 Å². The zero-order valence-electron chi connectivity index (χ0n) is 11.7. The summed E-state index contributed by atoms with van der Waals surface area (Å²) < 4.78 is 20.6. The summed E-state index contributed by atoms with van der Waals surface area (Å²) in [6.07, 6.45) is 0. The van der Waals surface area contributed by atoms with Gasteiger partial charge in [-0.05, 0) is 62.2 Å². The zero-order valence-corrected chi connectivity index (χ0v) is 13.3. The molecule has 0 saturated carbocycles. The van der Waals surface area contributed by atoms with Crippen LogP contribution < -0.4 is 10.5 Å². The van der Waals surface area contributed by atoms with Crippen LogP contribution in [0.15, 0.2) is 34.8 Å². The number of benzene rings is 2. The molecule has 0 aromatic heterocycles. The highest BCUT2D eigenvalue weighted by Crippen LogP contribution is 2.33. The van der Waals surface area contributed by atoms with Gasteiger partial charge in [-0.1, -0.05) is 15.9 Å². The zero-order chi connectivity index (χ0) is 14.9. The maximum atomic E-state index is 13.7. The molecule has 0 aliphatic heterocycles. The third kappa shape index (κ3) is 3.19. The SMILES string of the molecule is Cc1cc(Oc2ccc(Br)cc2C)c(C(C)N)cc1F. The lowest BCUT2D eigenvalue weighted by Gasteiger charge is -2.16. The van der Waals surface area contributed by atoms with Gasteiger partial charge in [-0.2, -0.15) is 0 Å². The normalized spacial score (nSPS) is 12.3. The Labute approximate surface area is 126 Å². The van der Waals surface area contributed by atoms with E-state index in [1.54, 1.807) is 13.0 Å². The van der Waals surface area contributed by atoms with Crippen LogP contribution in [0.2, 0.25) is 0 Å². The van der Waals surface area contributed by atoms with Gasteiger partial charge in [0, 0.05) is 16.1 Å². The van der Waals surface area contributed by atoms with Crippen LogP contribution >= 0.6 is 15.9 Å². The van der Waals surface area contributed by atoms with E-state index in [2.05, 4.69) is 15.9 Å². The third-order valence-corrected chi connectivity index (χ3v) is 3.63. The van der Waals surface area contributed by atoms with Crippen molar-refractivity contribution in [1.82, 2.24) is 0 Å². The van der Waals surface area contributed by atoms with Gasteiger partial charge in [0.05, 0.1) is 0 Å². The molecule has 2 aromatic carbocycles. The first-order valence-corrected chi connectivity index (χ1v) is 7.17. The highest BCUT2D eigenvalue weighted by molar-refractivity contribution is 9.10. The van der Waals surface area contributed by atoms with Crippen molar-refractivity contribution in [2.24, 2.45) is 5.73 Å². The van der Waals surface area contributed by atoms with Crippen molar-refractivity contribution in [3.8, 4) is 11.5 Å². The molecule has 4 heteroatoms. The van der Waals surface area contributed by atoms with E-state index in [9.17, 15) is 4.39 Å². The molecule has 106 valence electrons. The van der Waals surface area contributed by atoms with Crippen LogP contribution in [0.1, 0.15) is 29.7 Å². The summed E-state index contributed by atoms with van der Waals surface area (Å²) in [4.78, 5) is 0. The summed E-state index contributed by atoms with van der Waals surface area (Å²) in [5, 5.41) is 0. The van der Waals surface area contributed by atoms with E-state index in [0.717, 1.165) is 15.8 Å². The Morgan fingerprint density at radius 3 is 2.40 bits per heavy atom. The van der Waals surface area contributed by atoms with Gasteiger partial charge < -0.3 is 10.5 Å². The lowest BCUT2D eigenvalue weighted by molar-refractivity contribution is 0.465. The highest BCUT2D eigenvalue weighted by Gasteiger charge is 2.13. The van der Waals surface area contributed by atoms with Crippen molar-refractivity contribution < 1.29 is 9.13 Å². The van der Waals surface area contributed by atoms with E-state index in [4.69, 9.17) is 10.5 Å². The lowest BCUT2D eigenvalue weighted by Crippen LogP contribution is -2.08. The van der Waals surface area contributed by atoms with Crippen molar-refractivity contribution in [2.75, 3.05) is 0 Å². The summed E-state index contributed by atoms with van der Waals surface area (Å²) in [6, 6.07) is 8.60. The number of nitrogens with two attached hydrogens (primary N) is 1. The van der Waals surface area contributed by atoms with Crippen LogP contribution in [0.5, 0.6) is 11.5 Å². The first-order chi connectivity index (χ1) is 9.38. The number of halogens is 2. The number of aryl methyl sites for hydroxylation is 2. The standard InChI is InChI=1S/C16H17BrFNO/c1-9-7-16(13(11(3)19)8-14(9)18)20-15-5-4-12(17)6-10(15)2/h4-8,11H,19H2,1-3H3. The Hall–Kier alpha value is -1.39. The highest BCUT2D eigenvalue weighted by atomic mass is 79.9. The number of hydrogen-bond donors (Lipinski definition) is 1. The maximum Gasteiger partial charge on any atom is 0.132 e.